The molecule has 0 saturated heterocycles. The third-order valence-electron chi connectivity index (χ3n) is 2.77. The van der Waals surface area contributed by atoms with Gasteiger partial charge in [-0.05, 0) is 43.0 Å². The van der Waals surface area contributed by atoms with E-state index < -0.39 is 16.7 Å². The van der Waals surface area contributed by atoms with Crippen LogP contribution in [-0.4, -0.2) is 19.9 Å². The molecule has 1 N–H and O–H groups in total. The highest BCUT2D eigenvalue weighted by molar-refractivity contribution is 8.17. The third-order valence-corrected chi connectivity index (χ3v) is 8.02. The highest BCUT2D eigenvalue weighted by atomic mass is 32.5. The van der Waals surface area contributed by atoms with Gasteiger partial charge in [-0.25, -0.2) is 8.42 Å². The molecule has 0 aliphatic carbocycles. The van der Waals surface area contributed by atoms with Gasteiger partial charge in [-0.2, -0.15) is 4.08 Å². The fraction of sp³-hybridized carbons (Fsp3) is 0.143. The fourth-order valence-electron chi connectivity index (χ4n) is 1.89. The van der Waals surface area contributed by atoms with E-state index in [4.69, 9.17) is 16.3 Å². The number of para-hydroxylation sites is 1. The summed E-state index contributed by atoms with van der Waals surface area (Å²) in [5, 5.41) is 0. The summed E-state index contributed by atoms with van der Waals surface area (Å²) in [6.07, 6.45) is 0. The van der Waals surface area contributed by atoms with Crippen molar-refractivity contribution < 1.29 is 17.8 Å². The second-order valence-corrected chi connectivity index (χ2v) is 9.43. The zero-order valence-electron chi connectivity index (χ0n) is 11.9. The number of hydrogen-bond acceptors (Lipinski definition) is 4. The van der Waals surface area contributed by atoms with Gasteiger partial charge in [0.25, 0.3) is 10.0 Å². The maximum atomic E-state index is 12.9. The first kappa shape index (κ1) is 17.1. The quantitative estimate of drug-likeness (QED) is 0.805. The van der Waals surface area contributed by atoms with Crippen LogP contribution in [0.5, 0.6) is 0 Å². The van der Waals surface area contributed by atoms with Crippen molar-refractivity contribution in [1.82, 2.24) is 0 Å². The molecule has 0 aliphatic rings. The van der Waals surface area contributed by atoms with Gasteiger partial charge in [0.05, 0.1) is 17.2 Å². The van der Waals surface area contributed by atoms with E-state index in [1.165, 1.54) is 12.1 Å². The predicted molar refractivity (Wildman–Crippen MR) is 90.7 cm³/mol. The summed E-state index contributed by atoms with van der Waals surface area (Å²) < 4.78 is 31.8. The Balaban J connectivity index is 2.62. The molecule has 2 aromatic rings. The molecule has 1 unspecified atom stereocenters. The van der Waals surface area contributed by atoms with Crippen molar-refractivity contribution in [3.05, 3.63) is 60.7 Å². The molecule has 2 rings (SSSR count). The molecule has 0 aliphatic heterocycles. The number of anilines is 1. The molecule has 0 saturated carbocycles. The van der Waals surface area contributed by atoms with Crippen LogP contribution in [0, 0.1) is 0 Å². The van der Waals surface area contributed by atoms with Crippen LogP contribution in [0.2, 0.25) is 0 Å². The average Bonchev–Trinajstić information content (AvgIpc) is 2.48. The standard InChI is InChI=1S/C14H16NO4PS2/c1-2-19-20(16,21)15(13-9-5-3-6-10-13)22(17,18)14-11-7-4-8-12-14/h3-12H,2H2,1H3,(H,16,21). The first-order chi connectivity index (χ1) is 10.4. The third kappa shape index (κ3) is 3.56. The number of nitrogens with zero attached hydrogens (tertiary/aromatic N) is 1. The first-order valence-corrected chi connectivity index (χ1v) is 10.6. The van der Waals surface area contributed by atoms with E-state index in [2.05, 4.69) is 0 Å². The molecule has 5 nitrogen and oxygen atoms in total. The summed E-state index contributed by atoms with van der Waals surface area (Å²) in [4.78, 5) is 10.5. The highest BCUT2D eigenvalue weighted by Crippen LogP contribution is 2.52. The summed E-state index contributed by atoms with van der Waals surface area (Å²) in [5.74, 6) is 0. The van der Waals surface area contributed by atoms with E-state index in [9.17, 15) is 13.3 Å². The second-order valence-electron chi connectivity index (χ2n) is 4.30. The van der Waals surface area contributed by atoms with Crippen molar-refractivity contribution in [2.24, 2.45) is 0 Å². The topological polar surface area (TPSA) is 66.8 Å². The van der Waals surface area contributed by atoms with Crippen LogP contribution in [0.1, 0.15) is 6.92 Å². The van der Waals surface area contributed by atoms with Gasteiger partial charge in [0.1, 0.15) is 0 Å². The maximum absolute atomic E-state index is 12.9. The Morgan fingerprint density at radius 3 is 2.09 bits per heavy atom. The summed E-state index contributed by atoms with van der Waals surface area (Å²) in [5.41, 5.74) is 0.269. The lowest BCUT2D eigenvalue weighted by molar-refractivity contribution is 0.328. The minimum atomic E-state index is -4.03. The van der Waals surface area contributed by atoms with Crippen LogP contribution in [0.3, 0.4) is 0 Å². The Morgan fingerprint density at radius 1 is 1.09 bits per heavy atom. The van der Waals surface area contributed by atoms with Crippen LogP contribution in [0.4, 0.5) is 5.69 Å². The van der Waals surface area contributed by atoms with Crippen LogP contribution in [-0.2, 0) is 26.4 Å². The molecule has 2 aromatic carbocycles. The van der Waals surface area contributed by atoms with Gasteiger partial charge in [0.15, 0.2) is 0 Å². The molecule has 0 fully saturated rings. The van der Waals surface area contributed by atoms with Crippen molar-refractivity contribution in [3.8, 4) is 0 Å². The van der Waals surface area contributed by atoms with Crippen LogP contribution >= 0.6 is 6.64 Å². The summed E-state index contributed by atoms with van der Waals surface area (Å²) in [6.45, 7) is -1.97. The zero-order chi connectivity index (χ0) is 16.2. The minimum Gasteiger partial charge on any atom is -0.329 e. The van der Waals surface area contributed by atoms with Gasteiger partial charge in [-0.15, -0.1) is 0 Å². The SMILES string of the molecule is CCOP(O)(=S)N(c1ccccc1)S(=O)(=O)c1ccccc1. The molecule has 118 valence electrons. The lowest BCUT2D eigenvalue weighted by atomic mass is 10.3. The van der Waals surface area contributed by atoms with Crippen molar-refractivity contribution in [2.75, 3.05) is 10.7 Å². The van der Waals surface area contributed by atoms with Crippen molar-refractivity contribution >= 4 is 34.2 Å². The summed E-state index contributed by atoms with van der Waals surface area (Å²) >= 11 is 5.09. The van der Waals surface area contributed by atoms with Gasteiger partial charge in [-0.3, -0.25) is 0 Å². The Labute approximate surface area is 135 Å². The van der Waals surface area contributed by atoms with Crippen LogP contribution < -0.4 is 4.08 Å². The molecule has 0 bridgehead atoms. The molecule has 1 atom stereocenters. The average molecular weight is 357 g/mol. The van der Waals surface area contributed by atoms with E-state index >= 15 is 0 Å². The normalized spacial score (nSPS) is 14.3. The predicted octanol–water partition coefficient (Wildman–Crippen LogP) is 3.14. The number of rotatable bonds is 6. The first-order valence-electron chi connectivity index (χ1n) is 6.53. The minimum absolute atomic E-state index is 0.0434. The molecule has 0 spiro atoms. The molecular weight excluding hydrogens is 341 g/mol. The van der Waals surface area contributed by atoms with E-state index in [0.717, 1.165) is 4.08 Å². The number of hydrogen-bond donors (Lipinski definition) is 1. The Bertz CT molecular complexity index is 766. The molecule has 0 amide bonds. The largest absolute Gasteiger partial charge is 0.329 e. The Morgan fingerprint density at radius 2 is 1.59 bits per heavy atom. The van der Waals surface area contributed by atoms with Gasteiger partial charge >= 0.3 is 6.64 Å². The Hall–Kier alpha value is -1.24. The van der Waals surface area contributed by atoms with Crippen LogP contribution in [0.25, 0.3) is 0 Å². The highest BCUT2D eigenvalue weighted by Gasteiger charge is 2.36. The maximum Gasteiger partial charge on any atom is 0.301 e. The zero-order valence-corrected chi connectivity index (χ0v) is 14.4. The van der Waals surface area contributed by atoms with E-state index in [1.807, 2.05) is 0 Å². The van der Waals surface area contributed by atoms with E-state index in [1.54, 1.807) is 55.5 Å². The van der Waals surface area contributed by atoms with E-state index in [-0.39, 0.29) is 17.2 Å². The second kappa shape index (κ2) is 6.89. The monoisotopic (exact) mass is 357 g/mol. The van der Waals surface area contributed by atoms with Crippen molar-refractivity contribution in [3.63, 3.8) is 0 Å². The number of benzene rings is 2. The molecule has 22 heavy (non-hydrogen) atoms. The molecule has 0 heterocycles. The van der Waals surface area contributed by atoms with Gasteiger partial charge in [0.2, 0.25) is 0 Å². The van der Waals surface area contributed by atoms with E-state index in [0.29, 0.717) is 0 Å². The van der Waals surface area contributed by atoms with Gasteiger partial charge in [0, 0.05) is 0 Å². The lowest BCUT2D eigenvalue weighted by Gasteiger charge is -2.30. The van der Waals surface area contributed by atoms with Gasteiger partial charge in [-0.1, -0.05) is 36.4 Å². The molecule has 0 radical (unpaired) electrons. The molecule has 8 heteroatoms. The number of sulfonamides is 1. The molecule has 0 aromatic heterocycles. The smallest absolute Gasteiger partial charge is 0.301 e. The lowest BCUT2D eigenvalue weighted by Crippen LogP contribution is -2.28. The fourth-order valence-corrected chi connectivity index (χ4v) is 6.76. The Kier molecular flexibility index (Phi) is 5.36. The summed E-state index contributed by atoms with van der Waals surface area (Å²) in [7, 11) is -4.03. The van der Waals surface area contributed by atoms with Crippen molar-refractivity contribution in [1.29, 1.82) is 0 Å². The molecular formula is C14H16NO4PS2. The van der Waals surface area contributed by atoms with Gasteiger partial charge < -0.3 is 9.42 Å². The van der Waals surface area contributed by atoms with Crippen molar-refractivity contribution in [2.45, 2.75) is 11.8 Å². The summed E-state index contributed by atoms with van der Waals surface area (Å²) in [6, 6.07) is 16.1. The van der Waals surface area contributed by atoms with Crippen LogP contribution in [0.15, 0.2) is 65.6 Å².